The number of nitrogens with zero attached hydrogens (tertiary/aromatic N) is 3. The monoisotopic (exact) mass is 1100 g/mol. The van der Waals surface area contributed by atoms with Crippen LogP contribution in [0, 0.1) is 13.8 Å². The Bertz CT molecular complexity index is 2800. The van der Waals surface area contributed by atoms with Gasteiger partial charge < -0.3 is 40.7 Å². The van der Waals surface area contributed by atoms with Crippen molar-refractivity contribution in [1.29, 1.82) is 0 Å². The fourth-order valence-electron chi connectivity index (χ4n) is 9.05. The van der Waals surface area contributed by atoms with Crippen LogP contribution in [-0.2, 0) is 43.2 Å². The van der Waals surface area contributed by atoms with Crippen molar-refractivity contribution in [1.82, 2.24) is 36.1 Å². The lowest BCUT2D eigenvalue weighted by Gasteiger charge is -2.49. The van der Waals surface area contributed by atoms with Crippen molar-refractivity contribution in [2.45, 2.75) is 123 Å². The van der Waals surface area contributed by atoms with Crippen LogP contribution in [0.4, 0.5) is 0 Å². The van der Waals surface area contributed by atoms with Gasteiger partial charge in [0.25, 0.3) is 17.7 Å². The number of para-hydroxylation sites is 1. The number of ether oxygens (including phenoxy) is 2. The molecule has 1 fully saturated rings. The number of rotatable bonds is 28. The second-order valence-electron chi connectivity index (χ2n) is 18.9. The topological polar surface area (TPSA) is 305 Å². The van der Waals surface area contributed by atoms with Crippen molar-refractivity contribution in [3.63, 3.8) is 0 Å². The zero-order valence-electron chi connectivity index (χ0n) is 44.2. The number of Topliss-reactive ketones (excluding diaryl/α,β-unsaturated/α-hetero) is 1. The molecule has 0 radical (unpaired) electrons. The number of hydroxylamine groups is 2. The number of β-lactam (4-membered cyclic amide) rings is 1. The van der Waals surface area contributed by atoms with Crippen molar-refractivity contribution in [2.75, 3.05) is 32.7 Å². The van der Waals surface area contributed by atoms with Gasteiger partial charge in [0.1, 0.15) is 11.7 Å². The van der Waals surface area contributed by atoms with Crippen LogP contribution in [0.3, 0.4) is 0 Å². The molecular formula is C55H66ClN7O15. The SMILES string of the molecule is CC(=O)Oc1cccc(C(=O)NCCCN(CCCCNC(=O)c2cccc(C)c2C)C(=O)CCC(=O)N[C@@H](CCCN(O)C(C)=O)C(=O)C[C@@H](C(=O)N[C@@H]2C(=O)N3C(C(=O)O)=C(Cl)CCC23)c2ccccc2)c1OC(C)=O. The normalized spacial score (nSPS) is 15.3. The van der Waals surface area contributed by atoms with Gasteiger partial charge in [0, 0.05) is 83.4 Å². The third-order valence-electron chi connectivity index (χ3n) is 13.3. The van der Waals surface area contributed by atoms with Crippen molar-refractivity contribution in [3.8, 4) is 11.5 Å². The van der Waals surface area contributed by atoms with Gasteiger partial charge in [0.05, 0.1) is 23.6 Å². The number of esters is 2. The Hall–Kier alpha value is -7.98. The minimum absolute atomic E-state index is 0.00983. The molecule has 5 rings (SSSR count). The lowest BCUT2D eigenvalue weighted by molar-refractivity contribution is -0.163. The van der Waals surface area contributed by atoms with Crippen LogP contribution >= 0.6 is 11.6 Å². The Labute approximate surface area is 456 Å². The number of amides is 7. The van der Waals surface area contributed by atoms with Gasteiger partial charge in [0.15, 0.2) is 17.3 Å². The van der Waals surface area contributed by atoms with Crippen LogP contribution in [0.5, 0.6) is 11.5 Å². The number of unbranched alkanes of at least 4 members (excludes halogenated alkanes) is 1. The molecular weight excluding hydrogens is 1030 g/mol. The quantitative estimate of drug-likeness (QED) is 0.0147. The first-order valence-corrected chi connectivity index (χ1v) is 26.0. The van der Waals surface area contributed by atoms with Crippen LogP contribution in [0.1, 0.15) is 128 Å². The Morgan fingerprint density at radius 2 is 1.41 bits per heavy atom. The summed E-state index contributed by atoms with van der Waals surface area (Å²) in [5.74, 6) is -9.15. The molecule has 418 valence electrons. The number of carbonyl (C=O) groups is 11. The van der Waals surface area contributed by atoms with E-state index in [4.69, 9.17) is 21.1 Å². The van der Waals surface area contributed by atoms with E-state index in [1.54, 1.807) is 42.5 Å². The zero-order valence-corrected chi connectivity index (χ0v) is 44.9. The molecule has 0 bridgehead atoms. The molecule has 1 saturated heterocycles. The van der Waals surface area contributed by atoms with Crippen molar-refractivity contribution >= 4 is 76.6 Å². The lowest BCUT2D eigenvalue weighted by atomic mass is 9.85. The minimum atomic E-state index is -1.39. The summed E-state index contributed by atoms with van der Waals surface area (Å²) < 4.78 is 10.4. The molecule has 0 aromatic heterocycles. The number of carbonyl (C=O) groups excluding carboxylic acids is 10. The van der Waals surface area contributed by atoms with E-state index in [1.165, 1.54) is 23.1 Å². The summed E-state index contributed by atoms with van der Waals surface area (Å²) in [6.07, 6.45) is 0.325. The summed E-state index contributed by atoms with van der Waals surface area (Å²) >= 11 is 6.15. The number of hydrogen-bond donors (Lipinski definition) is 6. The molecule has 2 heterocycles. The summed E-state index contributed by atoms with van der Waals surface area (Å²) in [6, 6.07) is 14.8. The van der Waals surface area contributed by atoms with E-state index in [0.29, 0.717) is 35.6 Å². The van der Waals surface area contributed by atoms with E-state index < -0.39 is 89.6 Å². The van der Waals surface area contributed by atoms with Gasteiger partial charge in [-0.2, -0.15) is 0 Å². The molecule has 0 aliphatic carbocycles. The number of carboxylic acids is 1. The second kappa shape index (κ2) is 29.0. The molecule has 78 heavy (non-hydrogen) atoms. The average Bonchev–Trinajstić information content (AvgIpc) is 3.54. The number of aliphatic carboxylic acids is 1. The second-order valence-corrected chi connectivity index (χ2v) is 19.4. The molecule has 0 saturated carbocycles. The summed E-state index contributed by atoms with van der Waals surface area (Å²) in [5, 5.41) is 31.3. The highest BCUT2D eigenvalue weighted by Crippen LogP contribution is 2.39. The average molecular weight is 1100 g/mol. The van der Waals surface area contributed by atoms with Gasteiger partial charge in [-0.3, -0.25) is 58.1 Å². The van der Waals surface area contributed by atoms with E-state index >= 15 is 0 Å². The maximum atomic E-state index is 14.3. The predicted molar refractivity (Wildman–Crippen MR) is 281 cm³/mol. The van der Waals surface area contributed by atoms with Crippen molar-refractivity contribution < 1.29 is 72.5 Å². The molecule has 0 spiro atoms. The van der Waals surface area contributed by atoms with Crippen molar-refractivity contribution in [2.24, 2.45) is 0 Å². The predicted octanol–water partition coefficient (Wildman–Crippen LogP) is 4.36. The van der Waals surface area contributed by atoms with Crippen LogP contribution in [0.15, 0.2) is 77.5 Å². The van der Waals surface area contributed by atoms with Gasteiger partial charge in [-0.05, 0) is 93.7 Å². The number of allylic oxidation sites excluding steroid dienone is 1. The van der Waals surface area contributed by atoms with Gasteiger partial charge in [-0.15, -0.1) is 0 Å². The van der Waals surface area contributed by atoms with Crippen LogP contribution in [-0.4, -0.2) is 141 Å². The Kier molecular flexibility index (Phi) is 22.6. The zero-order chi connectivity index (χ0) is 57.2. The largest absolute Gasteiger partial charge is 0.477 e. The number of hydrogen-bond acceptors (Lipinski definition) is 14. The number of nitrogens with one attached hydrogen (secondary N) is 4. The third kappa shape index (κ3) is 16.8. The van der Waals surface area contributed by atoms with Crippen LogP contribution in [0.25, 0.3) is 0 Å². The maximum Gasteiger partial charge on any atom is 0.353 e. The third-order valence-corrected chi connectivity index (χ3v) is 13.6. The molecule has 2 aliphatic rings. The van der Waals surface area contributed by atoms with E-state index in [0.717, 1.165) is 36.8 Å². The van der Waals surface area contributed by atoms with Crippen molar-refractivity contribution in [3.05, 3.63) is 105 Å². The number of halogens is 1. The van der Waals surface area contributed by atoms with E-state index in [2.05, 4.69) is 21.3 Å². The molecule has 3 aromatic carbocycles. The molecule has 2 aliphatic heterocycles. The standard InChI is InChI=1S/C55H66ClN7O15/c1-32-15-11-18-38(33(32)2)51(70)57-26-9-10-28-61(29-14-27-58-52(71)39-19-12-21-45(77-35(4)65)50(39)78-36(5)66)47(69)25-24-46(68)59-42(20-13-30-62(76)34(3)64)44(67)31-40(37-16-7-6-8-17-37)53(72)60-48-43-23-22-41(56)49(55(74)75)63(43)54(48)73/h6-8,11-12,15-19,21,40,42-43,48,76H,9-10,13-14,20,22-31H2,1-5H3,(H,57,70)(H,58,71)(H,59,68)(H,60,72)(H,74,75)/t40-,42+,43?,48+/m1/s1. The smallest absolute Gasteiger partial charge is 0.353 e. The molecule has 4 atom stereocenters. The lowest BCUT2D eigenvalue weighted by Crippen LogP contribution is -2.71. The van der Waals surface area contributed by atoms with Crippen LogP contribution in [0.2, 0.25) is 0 Å². The molecule has 7 amide bonds. The summed E-state index contributed by atoms with van der Waals surface area (Å²) in [7, 11) is 0. The Morgan fingerprint density at radius 3 is 2.08 bits per heavy atom. The van der Waals surface area contributed by atoms with Gasteiger partial charge in [-0.1, -0.05) is 60.1 Å². The number of fused-ring (bicyclic) bond motifs is 1. The van der Waals surface area contributed by atoms with Gasteiger partial charge in [-0.25, -0.2) is 9.86 Å². The molecule has 23 heteroatoms. The number of aryl methyl sites for hydroxylation is 1. The van der Waals surface area contributed by atoms with E-state index in [9.17, 15) is 63.1 Å². The molecule has 6 N–H and O–H groups in total. The minimum Gasteiger partial charge on any atom is -0.477 e. The highest BCUT2D eigenvalue weighted by Gasteiger charge is 2.53. The van der Waals surface area contributed by atoms with E-state index in [1.807, 2.05) is 19.9 Å². The fraction of sp³-hybridized carbons (Fsp3) is 0.436. The molecule has 22 nitrogen and oxygen atoms in total. The Morgan fingerprint density at radius 1 is 0.769 bits per heavy atom. The Balaban J connectivity index is 1.26. The molecule has 1 unspecified atom stereocenters. The number of carboxylic acid groups (broad SMARTS) is 1. The first kappa shape index (κ1) is 60.9. The first-order chi connectivity index (χ1) is 37.1. The van der Waals surface area contributed by atoms with E-state index in [-0.39, 0.29) is 105 Å². The maximum absolute atomic E-state index is 14.3. The molecule has 3 aromatic rings. The summed E-state index contributed by atoms with van der Waals surface area (Å²) in [5.41, 5.74) is 2.33. The first-order valence-electron chi connectivity index (χ1n) is 25.6. The summed E-state index contributed by atoms with van der Waals surface area (Å²) in [4.78, 5) is 146. The fourth-order valence-corrected chi connectivity index (χ4v) is 9.33. The highest BCUT2D eigenvalue weighted by atomic mass is 35.5. The van der Waals surface area contributed by atoms with Gasteiger partial charge >= 0.3 is 17.9 Å². The van der Waals surface area contributed by atoms with Crippen LogP contribution < -0.4 is 30.7 Å². The van der Waals surface area contributed by atoms with Gasteiger partial charge in [0.2, 0.25) is 23.6 Å². The number of ketones is 1. The summed E-state index contributed by atoms with van der Waals surface area (Å²) in [6.45, 7) is 7.60. The number of benzene rings is 3. The highest BCUT2D eigenvalue weighted by molar-refractivity contribution is 6.32.